The van der Waals surface area contributed by atoms with Gasteiger partial charge in [-0.2, -0.15) is 0 Å². The molecule has 0 aliphatic carbocycles. The number of rotatable bonds is 4. The van der Waals surface area contributed by atoms with E-state index in [1.807, 2.05) is 0 Å². The maximum atomic E-state index is 10.9. The first-order valence-corrected chi connectivity index (χ1v) is 5.53. The summed E-state index contributed by atoms with van der Waals surface area (Å²) >= 11 is 0. The van der Waals surface area contributed by atoms with Crippen LogP contribution in [0.5, 0.6) is 5.88 Å². The van der Waals surface area contributed by atoms with Crippen LogP contribution < -0.4 is 9.88 Å². The number of aliphatic hydroxyl groups is 1. The summed E-state index contributed by atoms with van der Waals surface area (Å²) < 4.78 is 15.8. The molecule has 3 atom stereocenters. The van der Waals surface area contributed by atoms with Gasteiger partial charge in [0.25, 0.3) is 0 Å². The summed E-state index contributed by atoms with van der Waals surface area (Å²) in [7, 11) is -0.127. The third kappa shape index (κ3) is 2.95. The quantitative estimate of drug-likeness (QED) is 0.730. The maximum Gasteiger partial charge on any atom is 0.231 e. The first-order valence-electron chi connectivity index (χ1n) is 4.25. The highest BCUT2D eigenvalue weighted by atomic mass is 32.2. The molecule has 0 aromatic carbocycles. The van der Waals surface area contributed by atoms with Gasteiger partial charge in [-0.3, -0.25) is 10.1 Å². The Bertz CT molecular complexity index is 343. The Hall–Kier alpha value is -1.05. The molecule has 1 heterocycles. The molecule has 0 fully saturated rings. The second kappa shape index (κ2) is 5.15. The normalized spacial score (nSPS) is 16.8. The molecular weight excluding hydrogens is 218 g/mol. The lowest BCUT2D eigenvalue weighted by molar-refractivity contribution is 0.172. The van der Waals surface area contributed by atoms with Gasteiger partial charge in [-0.1, -0.05) is 0 Å². The number of methoxy groups -OCH3 is 1. The van der Waals surface area contributed by atoms with Gasteiger partial charge in [0.1, 0.15) is 6.10 Å². The van der Waals surface area contributed by atoms with Crippen molar-refractivity contribution in [2.75, 3.05) is 7.11 Å². The average molecular weight is 231 g/mol. The second-order valence-electron chi connectivity index (χ2n) is 2.96. The van der Waals surface area contributed by atoms with Crippen molar-refractivity contribution in [2.45, 2.75) is 18.3 Å². The van der Waals surface area contributed by atoms with Crippen LogP contribution in [-0.4, -0.2) is 31.6 Å². The van der Waals surface area contributed by atoms with Gasteiger partial charge < -0.3 is 9.84 Å². The number of ether oxygens (including phenoxy) is 1. The molecule has 0 amide bonds. The van der Waals surface area contributed by atoms with Gasteiger partial charge in [-0.05, 0) is 6.92 Å². The Morgan fingerprint density at radius 3 is 2.60 bits per heavy atom. The van der Waals surface area contributed by atoms with Gasteiger partial charge in [0, 0.05) is 0 Å². The Labute approximate surface area is 90.1 Å². The Morgan fingerprint density at radius 2 is 2.20 bits per heavy atom. The van der Waals surface area contributed by atoms with E-state index in [9.17, 15) is 9.32 Å². The van der Waals surface area contributed by atoms with Crippen molar-refractivity contribution in [3.63, 3.8) is 0 Å². The smallest absolute Gasteiger partial charge is 0.231 e. The monoisotopic (exact) mass is 231 g/mol. The third-order valence-electron chi connectivity index (χ3n) is 1.97. The second-order valence-corrected chi connectivity index (χ2v) is 4.36. The summed E-state index contributed by atoms with van der Waals surface area (Å²) in [5.41, 5.74) is 0.321. The van der Waals surface area contributed by atoms with E-state index in [1.165, 1.54) is 19.5 Å². The van der Waals surface area contributed by atoms with Crippen LogP contribution in [0, 0.1) is 0 Å². The summed E-state index contributed by atoms with van der Waals surface area (Å²) in [6, 6.07) is 0. The molecule has 3 unspecified atom stereocenters. The zero-order valence-electron chi connectivity index (χ0n) is 8.45. The molecule has 0 bridgehead atoms. The first-order chi connectivity index (χ1) is 7.06. The zero-order valence-corrected chi connectivity index (χ0v) is 9.27. The van der Waals surface area contributed by atoms with Crippen LogP contribution in [0.25, 0.3) is 0 Å². The highest BCUT2D eigenvalue weighted by molar-refractivity contribution is 7.83. The molecule has 84 valence electrons. The van der Waals surface area contributed by atoms with Gasteiger partial charge in [0.15, 0.2) is 0 Å². The molecule has 7 heteroatoms. The summed E-state index contributed by atoms with van der Waals surface area (Å²) in [4.78, 5) is 7.80. The van der Waals surface area contributed by atoms with Crippen LogP contribution in [0.3, 0.4) is 0 Å². The van der Waals surface area contributed by atoms with E-state index >= 15 is 0 Å². The van der Waals surface area contributed by atoms with Crippen LogP contribution in [0.15, 0.2) is 12.4 Å². The Morgan fingerprint density at radius 1 is 1.53 bits per heavy atom. The van der Waals surface area contributed by atoms with Crippen molar-refractivity contribution in [1.29, 1.82) is 0 Å². The maximum absolute atomic E-state index is 10.9. The Balaban J connectivity index is 2.82. The van der Waals surface area contributed by atoms with E-state index in [1.54, 1.807) is 6.92 Å². The van der Waals surface area contributed by atoms with E-state index in [4.69, 9.17) is 9.88 Å². The van der Waals surface area contributed by atoms with Crippen molar-refractivity contribution in [3.05, 3.63) is 18.1 Å². The Kier molecular flexibility index (Phi) is 4.13. The van der Waals surface area contributed by atoms with Crippen LogP contribution in [0.1, 0.15) is 18.7 Å². The average Bonchev–Trinajstić information content (AvgIpc) is 2.27. The molecule has 0 radical (unpaired) electrons. The van der Waals surface area contributed by atoms with Crippen molar-refractivity contribution < 1.29 is 14.1 Å². The van der Waals surface area contributed by atoms with Gasteiger partial charge in [0.05, 0.1) is 41.4 Å². The highest BCUT2D eigenvalue weighted by Gasteiger charge is 2.21. The molecule has 1 rings (SSSR count). The molecule has 6 nitrogen and oxygen atoms in total. The minimum Gasteiger partial charge on any atom is -0.480 e. The summed E-state index contributed by atoms with van der Waals surface area (Å²) in [5.74, 6) is 0.354. The lowest BCUT2D eigenvalue weighted by atomic mass is 10.2. The van der Waals surface area contributed by atoms with Gasteiger partial charge in [0.2, 0.25) is 5.88 Å². The molecular formula is C8H13N3O3S. The number of hydrogen-bond donors (Lipinski definition) is 2. The zero-order chi connectivity index (χ0) is 11.4. The molecule has 0 aliphatic rings. The van der Waals surface area contributed by atoms with Gasteiger partial charge >= 0.3 is 0 Å². The summed E-state index contributed by atoms with van der Waals surface area (Å²) in [6.07, 6.45) is 1.76. The lowest BCUT2D eigenvalue weighted by Gasteiger charge is -2.14. The lowest BCUT2D eigenvalue weighted by Crippen LogP contribution is -2.26. The third-order valence-corrected chi connectivity index (χ3v) is 2.96. The largest absolute Gasteiger partial charge is 0.480 e. The number of aliphatic hydroxyl groups excluding tert-OH is 1. The summed E-state index contributed by atoms with van der Waals surface area (Å²) in [6.45, 7) is 1.58. The van der Waals surface area contributed by atoms with Gasteiger partial charge in [-0.15, -0.1) is 0 Å². The molecule has 0 aliphatic heterocycles. The van der Waals surface area contributed by atoms with Crippen LogP contribution in [-0.2, 0) is 11.0 Å². The number of nitrogens with two attached hydrogens (primary N) is 1. The molecule has 1 aromatic heterocycles. The van der Waals surface area contributed by atoms with Gasteiger partial charge in [-0.25, -0.2) is 9.19 Å². The van der Waals surface area contributed by atoms with E-state index in [0.717, 1.165) is 0 Å². The van der Waals surface area contributed by atoms with E-state index in [0.29, 0.717) is 11.6 Å². The number of hydrogen-bond acceptors (Lipinski definition) is 5. The number of aromatic nitrogens is 2. The topological polar surface area (TPSA) is 98.3 Å². The van der Waals surface area contributed by atoms with E-state index < -0.39 is 22.3 Å². The molecule has 3 N–H and O–H groups in total. The SMILES string of the molecule is COc1cnc(C(O)C(C)S(N)=O)cn1. The summed E-state index contributed by atoms with van der Waals surface area (Å²) in [5, 5.41) is 14.3. The predicted molar refractivity (Wildman–Crippen MR) is 55.3 cm³/mol. The fourth-order valence-corrected chi connectivity index (χ4v) is 1.35. The standard InChI is InChI=1S/C8H13N3O3S/c1-5(15(9)13)8(12)6-3-11-7(14-2)4-10-6/h3-5,8,12H,9H2,1-2H3. The highest BCUT2D eigenvalue weighted by Crippen LogP contribution is 2.17. The van der Waals surface area contributed by atoms with E-state index in [2.05, 4.69) is 9.97 Å². The van der Waals surface area contributed by atoms with Crippen molar-refractivity contribution >= 4 is 11.0 Å². The minimum absolute atomic E-state index is 0.321. The fourth-order valence-electron chi connectivity index (χ4n) is 0.952. The minimum atomic E-state index is -1.60. The molecule has 1 aromatic rings. The van der Waals surface area contributed by atoms with Crippen LogP contribution in [0.2, 0.25) is 0 Å². The van der Waals surface area contributed by atoms with E-state index in [-0.39, 0.29) is 0 Å². The molecule has 0 spiro atoms. The molecule has 0 saturated carbocycles. The fraction of sp³-hybridized carbons (Fsp3) is 0.500. The molecule has 0 saturated heterocycles. The van der Waals surface area contributed by atoms with Crippen LogP contribution >= 0.6 is 0 Å². The first kappa shape index (κ1) is 12.0. The van der Waals surface area contributed by atoms with Crippen LogP contribution in [0.4, 0.5) is 0 Å². The predicted octanol–water partition coefficient (Wildman–Crippen LogP) is -0.471. The number of nitrogens with zero attached hydrogens (tertiary/aromatic N) is 2. The van der Waals surface area contributed by atoms with Crippen molar-refractivity contribution in [1.82, 2.24) is 9.97 Å². The van der Waals surface area contributed by atoms with Crippen molar-refractivity contribution in [2.24, 2.45) is 5.14 Å². The molecule has 15 heavy (non-hydrogen) atoms. The van der Waals surface area contributed by atoms with Crippen molar-refractivity contribution in [3.8, 4) is 5.88 Å².